The average molecular weight is 389 g/mol. The number of aryl methyl sites for hydroxylation is 1. The summed E-state index contributed by atoms with van der Waals surface area (Å²) in [4.78, 5) is 32.7. The number of methoxy groups -OCH3 is 1. The highest BCUT2D eigenvalue weighted by molar-refractivity contribution is 5.94. The summed E-state index contributed by atoms with van der Waals surface area (Å²) in [5, 5.41) is 0. The van der Waals surface area contributed by atoms with E-state index in [0.717, 1.165) is 36.1 Å². The minimum Gasteiger partial charge on any atom is -0.481 e. The van der Waals surface area contributed by atoms with E-state index in [1.165, 1.54) is 0 Å². The fourth-order valence-corrected chi connectivity index (χ4v) is 3.75. The second-order valence-corrected chi connectivity index (χ2v) is 7.05. The van der Waals surface area contributed by atoms with Crippen LogP contribution in [0.2, 0.25) is 0 Å². The van der Waals surface area contributed by atoms with Crippen molar-refractivity contribution in [3.63, 3.8) is 0 Å². The van der Waals surface area contributed by atoms with Crippen LogP contribution in [-0.4, -0.2) is 44.4 Å². The van der Waals surface area contributed by atoms with Crippen LogP contribution in [0.5, 0.6) is 5.88 Å². The lowest BCUT2D eigenvalue weighted by Crippen LogP contribution is -2.39. The van der Waals surface area contributed by atoms with Crippen LogP contribution in [0.25, 0.3) is 11.1 Å². The lowest BCUT2D eigenvalue weighted by Gasteiger charge is -2.36. The van der Waals surface area contributed by atoms with Crippen LogP contribution < -0.4 is 4.74 Å². The molecular formula is C22H23N5O2. The number of carbonyl (C=O) groups excluding carboxylic acids is 1. The Labute approximate surface area is 169 Å². The van der Waals surface area contributed by atoms with E-state index < -0.39 is 0 Å². The quantitative estimate of drug-likeness (QED) is 0.678. The number of likely N-dealkylation sites (tertiary alicyclic amines) is 1. The molecule has 1 atom stereocenters. The zero-order chi connectivity index (χ0) is 20.2. The molecule has 1 aliphatic heterocycles. The lowest BCUT2D eigenvalue weighted by molar-refractivity contribution is 0.0606. The van der Waals surface area contributed by atoms with Crippen molar-refractivity contribution >= 4 is 5.91 Å². The molecule has 1 amide bonds. The Morgan fingerprint density at radius 3 is 2.66 bits per heavy atom. The second-order valence-electron chi connectivity index (χ2n) is 7.05. The van der Waals surface area contributed by atoms with Gasteiger partial charge in [-0.15, -0.1) is 0 Å². The summed E-state index contributed by atoms with van der Waals surface area (Å²) >= 11 is 0. The highest BCUT2D eigenvalue weighted by Gasteiger charge is 2.32. The molecule has 0 aliphatic carbocycles. The lowest BCUT2D eigenvalue weighted by atomic mass is 9.93. The van der Waals surface area contributed by atoms with Gasteiger partial charge in [0.15, 0.2) is 0 Å². The largest absolute Gasteiger partial charge is 0.481 e. The molecule has 1 fully saturated rings. The number of piperidine rings is 1. The minimum absolute atomic E-state index is 0.0400. The van der Waals surface area contributed by atoms with E-state index in [4.69, 9.17) is 9.72 Å². The van der Waals surface area contributed by atoms with Gasteiger partial charge in [-0.2, -0.15) is 0 Å². The van der Waals surface area contributed by atoms with E-state index in [1.807, 2.05) is 30.2 Å². The molecule has 0 N–H and O–H groups in total. The molecular weight excluding hydrogens is 366 g/mol. The fraction of sp³-hybridized carbons (Fsp3) is 0.318. The van der Waals surface area contributed by atoms with E-state index in [0.29, 0.717) is 23.8 Å². The molecule has 0 bridgehead atoms. The zero-order valence-electron chi connectivity index (χ0n) is 16.6. The highest BCUT2D eigenvalue weighted by Crippen LogP contribution is 2.36. The summed E-state index contributed by atoms with van der Waals surface area (Å²) in [5.74, 6) is 1.15. The molecule has 148 valence electrons. The number of aromatic nitrogens is 4. The Morgan fingerprint density at radius 2 is 1.93 bits per heavy atom. The Hall–Kier alpha value is -3.35. The molecule has 3 aromatic rings. The summed E-state index contributed by atoms with van der Waals surface area (Å²) in [6.07, 6.45) is 9.82. The monoisotopic (exact) mass is 389 g/mol. The first-order chi connectivity index (χ1) is 14.2. The van der Waals surface area contributed by atoms with Gasteiger partial charge in [0.25, 0.3) is 5.91 Å². The van der Waals surface area contributed by atoms with Crippen LogP contribution >= 0.6 is 0 Å². The first kappa shape index (κ1) is 19.0. The van der Waals surface area contributed by atoms with E-state index in [2.05, 4.69) is 15.0 Å². The van der Waals surface area contributed by atoms with Gasteiger partial charge in [-0.05, 0) is 49.9 Å². The maximum absolute atomic E-state index is 13.3. The molecule has 0 spiro atoms. The summed E-state index contributed by atoms with van der Waals surface area (Å²) in [5.41, 5.74) is 3.38. The second kappa shape index (κ2) is 8.34. The topological polar surface area (TPSA) is 81.1 Å². The highest BCUT2D eigenvalue weighted by atomic mass is 16.5. The Bertz CT molecular complexity index is 992. The number of hydrogen-bond donors (Lipinski definition) is 0. The average Bonchev–Trinajstić information content (AvgIpc) is 2.79. The van der Waals surface area contributed by atoms with E-state index in [9.17, 15) is 4.79 Å². The van der Waals surface area contributed by atoms with Gasteiger partial charge < -0.3 is 9.64 Å². The zero-order valence-corrected chi connectivity index (χ0v) is 16.6. The first-order valence-electron chi connectivity index (χ1n) is 9.72. The van der Waals surface area contributed by atoms with Crippen molar-refractivity contribution in [2.45, 2.75) is 32.2 Å². The summed E-state index contributed by atoms with van der Waals surface area (Å²) in [6.45, 7) is 2.57. The molecule has 0 aromatic carbocycles. The molecule has 7 heteroatoms. The van der Waals surface area contributed by atoms with Gasteiger partial charge in [0.1, 0.15) is 5.82 Å². The number of ether oxygens (including phenoxy) is 1. The van der Waals surface area contributed by atoms with Gasteiger partial charge in [0.2, 0.25) is 5.88 Å². The molecule has 4 heterocycles. The molecule has 29 heavy (non-hydrogen) atoms. The molecule has 1 aliphatic rings. The molecule has 4 rings (SSSR count). The summed E-state index contributed by atoms with van der Waals surface area (Å²) in [6, 6.07) is 7.25. The van der Waals surface area contributed by atoms with Gasteiger partial charge in [-0.25, -0.2) is 15.0 Å². The number of pyridine rings is 2. The number of rotatable bonds is 4. The normalized spacial score (nSPS) is 16.5. The number of nitrogens with zero attached hydrogens (tertiary/aromatic N) is 5. The van der Waals surface area contributed by atoms with Crippen LogP contribution in [-0.2, 0) is 0 Å². The molecule has 7 nitrogen and oxygen atoms in total. The fourth-order valence-electron chi connectivity index (χ4n) is 3.75. The third kappa shape index (κ3) is 3.94. The van der Waals surface area contributed by atoms with E-state index >= 15 is 0 Å². The Kier molecular flexibility index (Phi) is 5.46. The maximum atomic E-state index is 13.3. The van der Waals surface area contributed by atoms with Crippen molar-refractivity contribution in [3.05, 3.63) is 66.1 Å². The Morgan fingerprint density at radius 1 is 1.10 bits per heavy atom. The molecule has 0 unspecified atom stereocenters. The van der Waals surface area contributed by atoms with E-state index in [-0.39, 0.29) is 11.9 Å². The first-order valence-corrected chi connectivity index (χ1v) is 9.72. The number of carbonyl (C=O) groups is 1. The molecule has 0 radical (unpaired) electrons. The van der Waals surface area contributed by atoms with Crippen molar-refractivity contribution in [1.82, 2.24) is 24.8 Å². The summed E-state index contributed by atoms with van der Waals surface area (Å²) < 4.78 is 5.10. The predicted molar refractivity (Wildman–Crippen MR) is 108 cm³/mol. The minimum atomic E-state index is -0.108. The number of amides is 1. The van der Waals surface area contributed by atoms with Crippen LogP contribution in [0.1, 0.15) is 47.2 Å². The number of hydrogen-bond acceptors (Lipinski definition) is 6. The third-order valence-electron chi connectivity index (χ3n) is 5.20. The van der Waals surface area contributed by atoms with Crippen LogP contribution in [0.15, 0.2) is 49.1 Å². The van der Waals surface area contributed by atoms with Crippen molar-refractivity contribution in [1.29, 1.82) is 0 Å². The van der Waals surface area contributed by atoms with Gasteiger partial charge >= 0.3 is 0 Å². The van der Waals surface area contributed by atoms with Gasteiger partial charge in [-0.3, -0.25) is 9.78 Å². The van der Waals surface area contributed by atoms with Crippen molar-refractivity contribution in [2.24, 2.45) is 0 Å². The predicted octanol–water partition coefficient (Wildman–Crippen LogP) is 3.62. The van der Waals surface area contributed by atoms with Crippen LogP contribution in [0.3, 0.4) is 0 Å². The van der Waals surface area contributed by atoms with Crippen molar-refractivity contribution < 1.29 is 9.53 Å². The standard InChI is InChI=1S/C22H23N5O2/c1-15-24-14-18(16-8-10-23-11-9-16)21(26-15)19-5-3-4-12-27(19)22(28)17-6-7-20(29-2)25-13-17/h6-11,13-14,19H,3-5,12H2,1-2H3/t19-/m1/s1. The molecule has 0 saturated carbocycles. The summed E-state index contributed by atoms with van der Waals surface area (Å²) in [7, 11) is 1.56. The Balaban J connectivity index is 1.72. The third-order valence-corrected chi connectivity index (χ3v) is 5.20. The SMILES string of the molecule is COc1ccc(C(=O)N2CCCC[C@@H]2c2nc(C)ncc2-c2ccncc2)cn1. The molecule has 3 aromatic heterocycles. The van der Waals surface area contributed by atoms with Crippen LogP contribution in [0.4, 0.5) is 0 Å². The van der Waals surface area contributed by atoms with Crippen molar-refractivity contribution in [3.8, 4) is 17.0 Å². The smallest absolute Gasteiger partial charge is 0.255 e. The van der Waals surface area contributed by atoms with E-state index in [1.54, 1.807) is 37.8 Å². The van der Waals surface area contributed by atoms with Gasteiger partial charge in [0, 0.05) is 43.0 Å². The maximum Gasteiger partial charge on any atom is 0.255 e. The van der Waals surface area contributed by atoms with Gasteiger partial charge in [-0.1, -0.05) is 0 Å². The van der Waals surface area contributed by atoms with Crippen LogP contribution in [0, 0.1) is 6.92 Å². The molecule has 1 saturated heterocycles. The van der Waals surface area contributed by atoms with Crippen molar-refractivity contribution in [2.75, 3.05) is 13.7 Å². The van der Waals surface area contributed by atoms with Gasteiger partial charge in [0.05, 0.1) is 24.4 Å².